The van der Waals surface area contributed by atoms with Gasteiger partial charge in [-0.2, -0.15) is 0 Å². The summed E-state index contributed by atoms with van der Waals surface area (Å²) in [4.78, 5) is 29.7. The molecule has 31 heavy (non-hydrogen) atoms. The van der Waals surface area contributed by atoms with E-state index < -0.39 is 17.6 Å². The number of carboxylic acids is 1. The van der Waals surface area contributed by atoms with Gasteiger partial charge in [0, 0.05) is 0 Å². The number of aromatic hydroxyl groups is 1. The lowest BCUT2D eigenvalue weighted by molar-refractivity contribution is -0.144. The molecule has 0 aliphatic rings. The number of ether oxygens (including phenoxy) is 2. The van der Waals surface area contributed by atoms with Crippen molar-refractivity contribution in [2.24, 2.45) is 0 Å². The predicted molar refractivity (Wildman–Crippen MR) is 115 cm³/mol. The lowest BCUT2D eigenvalue weighted by Gasteiger charge is -2.15. The first kappa shape index (κ1) is 21.5. The van der Waals surface area contributed by atoms with Crippen LogP contribution in [0.15, 0.2) is 41.2 Å². The molecule has 1 heterocycles. The molecule has 7 N–H and O–H groups in total. The molecule has 0 radical (unpaired) electrons. The van der Waals surface area contributed by atoms with Gasteiger partial charge in [0.2, 0.25) is 0 Å². The molecule has 162 valence electrons. The number of nitrogens with zero attached hydrogens (tertiary/aromatic N) is 1. The number of nitrogens with one attached hydrogen (secondary N) is 1. The molecule has 10 heteroatoms. The van der Waals surface area contributed by atoms with Gasteiger partial charge in [-0.25, -0.2) is 9.78 Å². The van der Waals surface area contributed by atoms with Gasteiger partial charge in [0.1, 0.15) is 17.3 Å². The van der Waals surface area contributed by atoms with Crippen LogP contribution in [0.3, 0.4) is 0 Å². The number of anilines is 2. The third kappa shape index (κ3) is 4.53. The lowest BCUT2D eigenvalue weighted by Crippen LogP contribution is -2.22. The zero-order chi connectivity index (χ0) is 22.7. The monoisotopic (exact) mass is 426 g/mol. The summed E-state index contributed by atoms with van der Waals surface area (Å²) in [6.07, 6.45) is -1.14. The van der Waals surface area contributed by atoms with Crippen LogP contribution < -0.4 is 26.5 Å². The maximum atomic E-state index is 12.0. The van der Waals surface area contributed by atoms with Crippen LogP contribution in [0.1, 0.15) is 13.8 Å². The molecule has 0 aliphatic carbocycles. The molecule has 10 nitrogen and oxygen atoms in total. The van der Waals surface area contributed by atoms with Gasteiger partial charge in [0.05, 0.1) is 12.2 Å². The Morgan fingerprint density at radius 3 is 2.42 bits per heavy atom. The van der Waals surface area contributed by atoms with E-state index in [1.54, 1.807) is 24.3 Å². The smallest absolute Gasteiger partial charge is 0.344 e. The van der Waals surface area contributed by atoms with Crippen molar-refractivity contribution >= 4 is 17.5 Å². The summed E-state index contributed by atoms with van der Waals surface area (Å²) < 4.78 is 11.0. The van der Waals surface area contributed by atoms with Gasteiger partial charge in [-0.1, -0.05) is 12.1 Å². The van der Waals surface area contributed by atoms with Crippen molar-refractivity contribution in [2.75, 3.05) is 18.1 Å². The van der Waals surface area contributed by atoms with Crippen molar-refractivity contribution in [3.05, 3.63) is 46.8 Å². The lowest BCUT2D eigenvalue weighted by atomic mass is 10.0. The van der Waals surface area contributed by atoms with Gasteiger partial charge in [0.25, 0.3) is 5.56 Å². The fourth-order valence-corrected chi connectivity index (χ4v) is 2.83. The summed E-state index contributed by atoms with van der Waals surface area (Å²) in [5.74, 6) is -0.752. The highest BCUT2D eigenvalue weighted by Gasteiger charge is 2.17. The van der Waals surface area contributed by atoms with Gasteiger partial charge in [0.15, 0.2) is 23.4 Å². The molecule has 1 aromatic heterocycles. The number of H-pyrrole nitrogens is 1. The average molecular weight is 426 g/mol. The second-order valence-electron chi connectivity index (χ2n) is 6.64. The first-order chi connectivity index (χ1) is 14.7. The predicted octanol–water partition coefficient (Wildman–Crippen LogP) is 2.22. The van der Waals surface area contributed by atoms with E-state index in [1.807, 2.05) is 6.92 Å². The van der Waals surface area contributed by atoms with Gasteiger partial charge in [-0.15, -0.1) is 0 Å². The van der Waals surface area contributed by atoms with E-state index in [2.05, 4.69) is 9.97 Å². The molecule has 0 saturated carbocycles. The van der Waals surface area contributed by atoms with Crippen LogP contribution in [0.4, 0.5) is 11.5 Å². The Balaban J connectivity index is 2.05. The number of phenols is 1. The topological polar surface area (TPSA) is 174 Å². The maximum absolute atomic E-state index is 12.0. The largest absolute Gasteiger partial charge is 0.504 e. The van der Waals surface area contributed by atoms with Crippen LogP contribution in [-0.2, 0) is 4.79 Å². The second-order valence-corrected chi connectivity index (χ2v) is 6.64. The fourth-order valence-electron chi connectivity index (χ4n) is 2.83. The summed E-state index contributed by atoms with van der Waals surface area (Å²) in [6.45, 7) is 3.53. The van der Waals surface area contributed by atoms with Crippen LogP contribution >= 0.6 is 0 Å². The summed E-state index contributed by atoms with van der Waals surface area (Å²) in [7, 11) is 0. The summed E-state index contributed by atoms with van der Waals surface area (Å²) in [6, 6.07) is 9.76. The number of nitrogen functional groups attached to an aromatic ring is 2. The van der Waals surface area contributed by atoms with Crippen molar-refractivity contribution in [1.29, 1.82) is 0 Å². The van der Waals surface area contributed by atoms with Crippen LogP contribution in [0, 0.1) is 0 Å². The summed E-state index contributed by atoms with van der Waals surface area (Å²) in [5.41, 5.74) is 12.4. The van der Waals surface area contributed by atoms with Crippen molar-refractivity contribution in [3.63, 3.8) is 0 Å². The van der Waals surface area contributed by atoms with Crippen LogP contribution in [-0.4, -0.2) is 38.9 Å². The van der Waals surface area contributed by atoms with E-state index in [4.69, 9.17) is 26.0 Å². The molecule has 1 unspecified atom stereocenters. The Labute approximate surface area is 177 Å². The molecule has 0 bridgehead atoms. The van der Waals surface area contributed by atoms with Crippen LogP contribution in [0.2, 0.25) is 0 Å². The van der Waals surface area contributed by atoms with E-state index in [0.29, 0.717) is 29.0 Å². The number of carbonyl (C=O) groups is 1. The number of carboxylic acid groups (broad SMARTS) is 1. The number of aliphatic carboxylic acids is 1. The highest BCUT2D eigenvalue weighted by Crippen LogP contribution is 2.36. The van der Waals surface area contributed by atoms with Crippen LogP contribution in [0.5, 0.6) is 17.2 Å². The minimum atomic E-state index is -1.16. The Kier molecular flexibility index (Phi) is 6.00. The molecule has 0 fully saturated rings. The van der Waals surface area contributed by atoms with Gasteiger partial charge in [-0.3, -0.25) is 4.79 Å². The molecule has 0 aliphatic heterocycles. The summed E-state index contributed by atoms with van der Waals surface area (Å²) >= 11 is 0. The third-order valence-electron chi connectivity index (χ3n) is 4.47. The van der Waals surface area contributed by atoms with Crippen molar-refractivity contribution in [1.82, 2.24) is 9.97 Å². The first-order valence-corrected chi connectivity index (χ1v) is 9.36. The zero-order valence-corrected chi connectivity index (χ0v) is 16.9. The number of phenolic OH excluding ortho intramolecular Hbond substituents is 1. The van der Waals surface area contributed by atoms with Gasteiger partial charge >= 0.3 is 5.97 Å². The standard InChI is InChI=1S/C21H22N4O6/c1-3-30-15-8-11(4-6-13(15)19-24-18(23)17(22)20(27)25-19)12-5-7-14(26)16(9-12)31-10(2)21(28)29/h4-10,26H,3,22H2,1-2H3,(H,28,29)(H3,23,24,25,27). The minimum absolute atomic E-state index is 0.0340. The molecule has 2 aromatic carbocycles. The average Bonchev–Trinajstić information content (AvgIpc) is 2.73. The molecule has 0 spiro atoms. The molecular weight excluding hydrogens is 404 g/mol. The number of hydrogen-bond donors (Lipinski definition) is 5. The third-order valence-corrected chi connectivity index (χ3v) is 4.47. The van der Waals surface area contributed by atoms with E-state index >= 15 is 0 Å². The molecule has 0 amide bonds. The van der Waals surface area contributed by atoms with Gasteiger partial charge < -0.3 is 36.1 Å². The molecular formula is C21H22N4O6. The quantitative estimate of drug-likeness (QED) is 0.379. The Morgan fingerprint density at radius 2 is 1.81 bits per heavy atom. The Hall–Kier alpha value is -4.21. The van der Waals surface area contributed by atoms with Crippen molar-refractivity contribution < 1.29 is 24.5 Å². The Bertz CT molecular complexity index is 1190. The molecule has 3 rings (SSSR count). The normalized spacial score (nSPS) is 11.7. The summed E-state index contributed by atoms with van der Waals surface area (Å²) in [5, 5.41) is 19.1. The van der Waals surface area contributed by atoms with Gasteiger partial charge in [-0.05, 0) is 49.2 Å². The van der Waals surface area contributed by atoms with Crippen molar-refractivity contribution in [2.45, 2.75) is 20.0 Å². The number of rotatable bonds is 7. The second kappa shape index (κ2) is 8.66. The number of nitrogens with two attached hydrogens (primary N) is 2. The van der Waals surface area contributed by atoms with E-state index in [0.717, 1.165) is 0 Å². The highest BCUT2D eigenvalue weighted by molar-refractivity contribution is 5.76. The minimum Gasteiger partial charge on any atom is -0.504 e. The number of aromatic amines is 1. The molecule has 0 saturated heterocycles. The maximum Gasteiger partial charge on any atom is 0.344 e. The number of benzene rings is 2. The van der Waals surface area contributed by atoms with Crippen molar-refractivity contribution in [3.8, 4) is 39.8 Å². The van der Waals surface area contributed by atoms with E-state index in [1.165, 1.54) is 19.1 Å². The fraction of sp³-hybridized carbons (Fsp3) is 0.190. The highest BCUT2D eigenvalue weighted by atomic mass is 16.5. The number of hydrogen-bond acceptors (Lipinski definition) is 8. The molecule has 1 atom stereocenters. The zero-order valence-electron chi connectivity index (χ0n) is 16.9. The first-order valence-electron chi connectivity index (χ1n) is 9.36. The van der Waals surface area contributed by atoms with E-state index in [9.17, 15) is 14.7 Å². The SMILES string of the molecule is CCOc1cc(-c2ccc(O)c(OC(C)C(=O)O)c2)ccc1-c1nc(N)c(N)c(=O)[nH]1. The Morgan fingerprint density at radius 1 is 1.16 bits per heavy atom. The molecule has 3 aromatic rings. The van der Waals surface area contributed by atoms with E-state index in [-0.39, 0.29) is 28.8 Å². The number of aromatic nitrogens is 2. The van der Waals surface area contributed by atoms with Crippen LogP contribution in [0.25, 0.3) is 22.5 Å².